The molecule has 354 valence electrons. The van der Waals surface area contributed by atoms with Crippen LogP contribution in [0.25, 0.3) is 39.5 Å². The summed E-state index contributed by atoms with van der Waals surface area (Å²) in [4.78, 5) is 0. The van der Waals surface area contributed by atoms with Gasteiger partial charge in [-0.05, 0) is 95.1 Å². The number of rotatable bonds is 10. The van der Waals surface area contributed by atoms with Crippen molar-refractivity contribution >= 4 is 39.5 Å². The third-order valence-corrected chi connectivity index (χ3v) is 12.2. The Bertz CT molecular complexity index is 3230. The van der Waals surface area contributed by atoms with Crippen molar-refractivity contribution in [1.82, 2.24) is 0 Å². The van der Waals surface area contributed by atoms with Crippen molar-refractivity contribution < 1.29 is 0 Å². The summed E-state index contributed by atoms with van der Waals surface area (Å²) < 4.78 is 0. The highest BCUT2D eigenvalue weighted by Gasteiger charge is 2.17. The van der Waals surface area contributed by atoms with Crippen LogP contribution in [-0.2, 0) is 0 Å². The Hall–Kier alpha value is -9.87. The first-order valence-corrected chi connectivity index (χ1v) is 24.8. The minimum absolute atomic E-state index is 0.514. The van der Waals surface area contributed by atoms with Crippen LogP contribution in [0.5, 0.6) is 0 Å². The molecular weight excluding hydrogens is 891 g/mol. The van der Waals surface area contributed by atoms with E-state index in [4.69, 9.17) is 5.26 Å². The van der Waals surface area contributed by atoms with Crippen LogP contribution >= 0.6 is 0 Å². The Labute approximate surface area is 438 Å². The van der Waals surface area contributed by atoms with E-state index in [1.165, 1.54) is 77.9 Å². The van der Waals surface area contributed by atoms with Crippen molar-refractivity contribution in [2.75, 3.05) is 0 Å². The van der Waals surface area contributed by atoms with Gasteiger partial charge in [-0.1, -0.05) is 329 Å². The molecule has 0 bridgehead atoms. The molecule has 11 rings (SSSR count). The molecule has 1 aliphatic carbocycles. The molecule has 1 aliphatic rings. The quantitative estimate of drug-likeness (QED) is 0.0990. The first-order chi connectivity index (χ1) is 36.6. The predicted molar refractivity (Wildman–Crippen MR) is 316 cm³/mol. The lowest BCUT2D eigenvalue weighted by Gasteiger charge is -2.18. The van der Waals surface area contributed by atoms with E-state index in [1.807, 2.05) is 54.6 Å². The molecule has 0 radical (unpaired) electrons. The number of allylic oxidation sites excluding steroid dienone is 6. The largest absolute Gasteiger partial charge is 0.192 e. The van der Waals surface area contributed by atoms with E-state index in [0.29, 0.717) is 5.57 Å². The zero-order chi connectivity index (χ0) is 51.0. The van der Waals surface area contributed by atoms with Crippen molar-refractivity contribution in [3.8, 4) is 6.07 Å². The monoisotopic (exact) mass is 947 g/mol. The average Bonchev–Trinajstić information content (AvgIpc) is 3.89. The van der Waals surface area contributed by atoms with Crippen LogP contribution in [0.15, 0.2) is 334 Å². The van der Waals surface area contributed by atoms with Crippen LogP contribution in [0.2, 0.25) is 0 Å². The Morgan fingerprint density at radius 2 is 0.608 bits per heavy atom. The summed E-state index contributed by atoms with van der Waals surface area (Å²) in [6, 6.07) is 106. The van der Waals surface area contributed by atoms with Gasteiger partial charge in [-0.3, -0.25) is 0 Å². The van der Waals surface area contributed by atoms with Crippen LogP contribution < -0.4 is 0 Å². The van der Waals surface area contributed by atoms with Crippen molar-refractivity contribution in [2.24, 2.45) is 0 Å². The predicted octanol–water partition coefficient (Wildman–Crippen LogP) is 18.9. The molecular formula is C73H57N. The van der Waals surface area contributed by atoms with Gasteiger partial charge in [0, 0.05) is 0 Å². The highest BCUT2D eigenvalue weighted by atomic mass is 14.2. The lowest BCUT2D eigenvalue weighted by Crippen LogP contribution is -1.97. The van der Waals surface area contributed by atoms with Crippen molar-refractivity contribution in [2.45, 2.75) is 0 Å². The summed E-state index contributed by atoms with van der Waals surface area (Å²) in [6.45, 7) is 7.73. The molecule has 10 aromatic rings. The number of nitriles is 1. The van der Waals surface area contributed by atoms with E-state index < -0.39 is 0 Å². The molecule has 1 heteroatoms. The SMILES string of the molecule is C(=C(c1ccccc1)c1ccccc1)c1ccccc1.C=C(C#N)c1ccccc1.C=C1C=CC(c2ccccc2)=C1c1ccccc1.c1ccc(C(=C(c2ccccc2)c2ccccc2)c2ccccc2)cc1. The Morgan fingerprint density at radius 3 is 0.946 bits per heavy atom. The number of nitrogens with zero attached hydrogens (tertiary/aromatic N) is 1. The van der Waals surface area contributed by atoms with E-state index >= 15 is 0 Å². The lowest BCUT2D eigenvalue weighted by atomic mass is 9.86. The van der Waals surface area contributed by atoms with Gasteiger partial charge in [0.2, 0.25) is 0 Å². The average molecular weight is 948 g/mol. The lowest BCUT2D eigenvalue weighted by molar-refractivity contribution is 1.50. The highest BCUT2D eigenvalue weighted by Crippen LogP contribution is 2.38. The third kappa shape index (κ3) is 13.9. The Morgan fingerprint density at radius 1 is 0.324 bits per heavy atom. The van der Waals surface area contributed by atoms with E-state index in [2.05, 4.69) is 286 Å². The Kier molecular flexibility index (Phi) is 18.4. The number of hydrogen-bond donors (Lipinski definition) is 0. The minimum Gasteiger partial charge on any atom is -0.192 e. The second-order valence-corrected chi connectivity index (χ2v) is 17.3. The molecule has 0 spiro atoms. The topological polar surface area (TPSA) is 23.8 Å². The molecule has 0 N–H and O–H groups in total. The molecule has 74 heavy (non-hydrogen) atoms. The highest BCUT2D eigenvalue weighted by molar-refractivity contribution is 6.07. The maximum absolute atomic E-state index is 8.44. The molecule has 0 unspecified atom stereocenters. The first kappa shape index (κ1) is 50.5. The fourth-order valence-corrected chi connectivity index (χ4v) is 8.65. The molecule has 0 saturated carbocycles. The van der Waals surface area contributed by atoms with E-state index in [1.54, 1.807) is 0 Å². The van der Waals surface area contributed by atoms with E-state index in [0.717, 1.165) is 11.1 Å². The van der Waals surface area contributed by atoms with E-state index in [-0.39, 0.29) is 0 Å². The zero-order valence-corrected chi connectivity index (χ0v) is 41.5. The van der Waals surface area contributed by atoms with Gasteiger partial charge < -0.3 is 0 Å². The summed E-state index contributed by atoms with van der Waals surface area (Å²) in [5.41, 5.74) is 19.8. The summed E-state index contributed by atoms with van der Waals surface area (Å²) in [7, 11) is 0. The molecule has 1 nitrogen and oxygen atoms in total. The zero-order valence-electron chi connectivity index (χ0n) is 41.5. The number of benzene rings is 10. The van der Waals surface area contributed by atoms with Gasteiger partial charge in [-0.15, -0.1) is 0 Å². The molecule has 10 aromatic carbocycles. The van der Waals surface area contributed by atoms with Gasteiger partial charge in [0.1, 0.15) is 0 Å². The van der Waals surface area contributed by atoms with Gasteiger partial charge in [0.05, 0.1) is 11.6 Å². The van der Waals surface area contributed by atoms with Gasteiger partial charge in [-0.25, -0.2) is 0 Å². The van der Waals surface area contributed by atoms with Crippen LogP contribution in [0.1, 0.15) is 55.6 Å². The molecule has 0 fully saturated rings. The summed E-state index contributed by atoms with van der Waals surface area (Å²) in [6.07, 6.45) is 6.48. The summed E-state index contributed by atoms with van der Waals surface area (Å²) >= 11 is 0. The van der Waals surface area contributed by atoms with Crippen molar-refractivity contribution in [1.29, 1.82) is 5.26 Å². The molecule has 0 aliphatic heterocycles. The van der Waals surface area contributed by atoms with Crippen molar-refractivity contribution in [3.63, 3.8) is 0 Å². The van der Waals surface area contributed by atoms with Crippen LogP contribution in [-0.4, -0.2) is 0 Å². The second kappa shape index (κ2) is 26.9. The number of hydrogen-bond acceptors (Lipinski definition) is 1. The van der Waals surface area contributed by atoms with Gasteiger partial charge in [0.15, 0.2) is 0 Å². The fourth-order valence-electron chi connectivity index (χ4n) is 8.65. The third-order valence-electron chi connectivity index (χ3n) is 12.2. The summed E-state index contributed by atoms with van der Waals surface area (Å²) in [5, 5.41) is 8.44. The van der Waals surface area contributed by atoms with Crippen LogP contribution in [0.3, 0.4) is 0 Å². The maximum atomic E-state index is 8.44. The van der Waals surface area contributed by atoms with Gasteiger partial charge >= 0.3 is 0 Å². The molecule has 0 aromatic heterocycles. The minimum atomic E-state index is 0.514. The molecule has 0 atom stereocenters. The first-order valence-electron chi connectivity index (χ1n) is 24.8. The smallest absolute Gasteiger partial charge is 0.0991 e. The van der Waals surface area contributed by atoms with E-state index in [9.17, 15) is 0 Å². The standard InChI is InChI=1S/C26H20.C20H16.C18H14.C9H7N/c1-5-13-21(14-6-1)25(22-15-7-2-8-16-22)26(23-17-9-3-10-18-23)24-19-11-4-12-20-24;1-4-10-17(11-5-1)16-20(18-12-6-2-7-13-18)19-14-8-3-9-15-19;1-14-12-13-17(15-8-4-2-5-9-15)18(14)16-10-6-3-7-11-16;1-8(7-10)9-5-3-2-4-6-9/h1-20H;1-16H;2-13H,1H2;2-6H,1H2. The van der Waals surface area contributed by atoms with Crippen LogP contribution in [0, 0.1) is 11.3 Å². The molecule has 0 heterocycles. The second-order valence-electron chi connectivity index (χ2n) is 17.3. The fraction of sp³-hybridized carbons (Fsp3) is 0. The van der Waals surface area contributed by atoms with Gasteiger partial charge in [0.25, 0.3) is 0 Å². The van der Waals surface area contributed by atoms with Gasteiger partial charge in [-0.2, -0.15) is 5.26 Å². The maximum Gasteiger partial charge on any atom is 0.0991 e. The molecule has 0 saturated heterocycles. The van der Waals surface area contributed by atoms with Crippen molar-refractivity contribution in [3.05, 3.63) is 390 Å². The van der Waals surface area contributed by atoms with Crippen LogP contribution in [0.4, 0.5) is 0 Å². The Balaban J connectivity index is 0.000000137. The molecule has 0 amide bonds. The normalized spacial score (nSPS) is 10.9. The summed E-state index contributed by atoms with van der Waals surface area (Å²) in [5.74, 6) is 0.